The molecule has 2 heterocycles. The highest BCUT2D eigenvalue weighted by Gasteiger charge is 2.28. The molecule has 16 heavy (non-hydrogen) atoms. The van der Waals surface area contributed by atoms with Gasteiger partial charge >= 0.3 is 0 Å². The van der Waals surface area contributed by atoms with Gasteiger partial charge in [0, 0.05) is 17.8 Å². The minimum atomic E-state index is -1.24. The zero-order valence-corrected chi connectivity index (χ0v) is 10.1. The minimum absolute atomic E-state index is 0.180. The van der Waals surface area contributed by atoms with Crippen molar-refractivity contribution in [2.45, 2.75) is 32.3 Å². The maximum Gasteiger partial charge on any atom is 0.193 e. The lowest BCUT2D eigenvalue weighted by atomic mass is 9.95. The predicted molar refractivity (Wildman–Crippen MR) is 62.7 cm³/mol. The van der Waals surface area contributed by atoms with Crippen LogP contribution in [0.4, 0.5) is 0 Å². The molecule has 0 spiro atoms. The summed E-state index contributed by atoms with van der Waals surface area (Å²) < 4.78 is 1.88. The molecule has 1 unspecified atom stereocenters. The van der Waals surface area contributed by atoms with Gasteiger partial charge in [-0.1, -0.05) is 6.92 Å². The molecule has 2 rings (SSSR count). The van der Waals surface area contributed by atoms with Crippen LogP contribution in [-0.2, 0) is 11.2 Å². The van der Waals surface area contributed by atoms with Gasteiger partial charge in [-0.25, -0.2) is 4.98 Å². The molecule has 0 saturated carbocycles. The summed E-state index contributed by atoms with van der Waals surface area (Å²) in [6, 6.07) is 0. The molecule has 1 N–H and O–H groups in total. The summed E-state index contributed by atoms with van der Waals surface area (Å²) in [5.41, 5.74) is -0.526. The van der Waals surface area contributed by atoms with Crippen LogP contribution < -0.4 is 0 Å². The molecule has 0 amide bonds. The third-order valence-electron chi connectivity index (χ3n) is 2.77. The number of rotatable bonds is 4. The van der Waals surface area contributed by atoms with Gasteiger partial charge in [0.1, 0.15) is 5.60 Å². The molecule has 2 aromatic rings. The molecule has 2 aromatic heterocycles. The van der Waals surface area contributed by atoms with Crippen LogP contribution in [-0.4, -0.2) is 25.9 Å². The lowest BCUT2D eigenvalue weighted by Crippen LogP contribution is -2.35. The van der Waals surface area contributed by atoms with E-state index in [1.165, 1.54) is 11.3 Å². The number of hydrogen-bond acceptors (Lipinski definition) is 4. The number of aliphatic hydroxyl groups is 1. The SMILES string of the molecule is CCC(C)(O)C(=O)Cc1cn2ccsc2n1. The standard InChI is InChI=1S/C11H14N2O2S/c1-3-11(2,15)9(14)6-8-7-13-4-5-16-10(13)12-8/h4-5,7,15H,3,6H2,1-2H3. The van der Waals surface area contributed by atoms with E-state index in [-0.39, 0.29) is 12.2 Å². The maximum atomic E-state index is 11.8. The molecular weight excluding hydrogens is 224 g/mol. The molecule has 0 radical (unpaired) electrons. The van der Waals surface area contributed by atoms with Crippen molar-refractivity contribution in [3.63, 3.8) is 0 Å². The van der Waals surface area contributed by atoms with E-state index in [4.69, 9.17) is 0 Å². The largest absolute Gasteiger partial charge is 0.382 e. The van der Waals surface area contributed by atoms with E-state index in [1.54, 1.807) is 13.8 Å². The van der Waals surface area contributed by atoms with Crippen molar-refractivity contribution in [3.8, 4) is 0 Å². The molecule has 0 aliphatic heterocycles. The Labute approximate surface area is 97.6 Å². The molecule has 5 heteroatoms. The second kappa shape index (κ2) is 3.99. The average molecular weight is 238 g/mol. The Bertz CT molecular complexity index is 484. The zero-order chi connectivity index (χ0) is 11.8. The number of aromatic nitrogens is 2. The third-order valence-corrected chi connectivity index (χ3v) is 3.54. The van der Waals surface area contributed by atoms with E-state index in [1.807, 2.05) is 22.2 Å². The molecule has 1 atom stereocenters. The highest BCUT2D eigenvalue weighted by atomic mass is 32.1. The number of imidazole rings is 1. The topological polar surface area (TPSA) is 54.6 Å². The normalized spacial score (nSPS) is 15.2. The second-order valence-corrected chi connectivity index (χ2v) is 4.93. The number of fused-ring (bicyclic) bond motifs is 1. The number of ketones is 1. The van der Waals surface area contributed by atoms with Crippen LogP contribution in [0.2, 0.25) is 0 Å². The summed E-state index contributed by atoms with van der Waals surface area (Å²) in [6.07, 6.45) is 4.34. The number of Topliss-reactive ketones (excluding diaryl/α,β-unsaturated/α-hetero) is 1. The van der Waals surface area contributed by atoms with Crippen molar-refractivity contribution in [2.75, 3.05) is 0 Å². The zero-order valence-electron chi connectivity index (χ0n) is 9.30. The first-order valence-electron chi connectivity index (χ1n) is 5.19. The summed E-state index contributed by atoms with van der Waals surface area (Å²) >= 11 is 1.53. The van der Waals surface area contributed by atoms with Crippen LogP contribution in [0.25, 0.3) is 4.96 Å². The Morgan fingerprint density at radius 2 is 2.44 bits per heavy atom. The Balaban J connectivity index is 2.16. The third kappa shape index (κ3) is 2.01. The van der Waals surface area contributed by atoms with Gasteiger partial charge < -0.3 is 5.11 Å². The molecule has 86 valence electrons. The summed E-state index contributed by atoms with van der Waals surface area (Å²) in [6.45, 7) is 3.34. The Morgan fingerprint density at radius 3 is 3.06 bits per heavy atom. The van der Waals surface area contributed by atoms with E-state index < -0.39 is 5.60 Å². The van der Waals surface area contributed by atoms with Gasteiger partial charge in [0.15, 0.2) is 10.7 Å². The van der Waals surface area contributed by atoms with E-state index >= 15 is 0 Å². The van der Waals surface area contributed by atoms with Gasteiger partial charge in [-0.3, -0.25) is 9.20 Å². The monoisotopic (exact) mass is 238 g/mol. The van der Waals surface area contributed by atoms with Crippen LogP contribution >= 0.6 is 11.3 Å². The first kappa shape index (κ1) is 11.3. The van der Waals surface area contributed by atoms with E-state index in [0.717, 1.165) is 4.96 Å². The molecule has 0 aliphatic rings. The van der Waals surface area contributed by atoms with Gasteiger partial charge in [-0.2, -0.15) is 0 Å². The van der Waals surface area contributed by atoms with Crippen molar-refractivity contribution in [3.05, 3.63) is 23.5 Å². The van der Waals surface area contributed by atoms with E-state index in [2.05, 4.69) is 4.98 Å². The van der Waals surface area contributed by atoms with Crippen molar-refractivity contribution in [2.24, 2.45) is 0 Å². The van der Waals surface area contributed by atoms with Gasteiger partial charge in [0.25, 0.3) is 0 Å². The Hall–Kier alpha value is -1.20. The number of thiazole rings is 1. The Morgan fingerprint density at radius 1 is 1.69 bits per heavy atom. The first-order chi connectivity index (χ1) is 7.53. The molecule has 0 bridgehead atoms. The summed E-state index contributed by atoms with van der Waals surface area (Å²) in [7, 11) is 0. The molecule has 0 saturated heterocycles. The lowest BCUT2D eigenvalue weighted by molar-refractivity contribution is -0.135. The van der Waals surface area contributed by atoms with Gasteiger partial charge in [-0.05, 0) is 13.3 Å². The molecule has 0 aromatic carbocycles. The fourth-order valence-corrected chi connectivity index (χ4v) is 2.13. The highest BCUT2D eigenvalue weighted by molar-refractivity contribution is 7.15. The number of carbonyl (C=O) groups excluding carboxylic acids is 1. The summed E-state index contributed by atoms with van der Waals surface area (Å²) in [5, 5.41) is 11.7. The van der Waals surface area contributed by atoms with E-state index in [9.17, 15) is 9.90 Å². The van der Waals surface area contributed by atoms with Gasteiger partial charge in [-0.15, -0.1) is 11.3 Å². The number of hydrogen-bond donors (Lipinski definition) is 1. The van der Waals surface area contributed by atoms with E-state index in [0.29, 0.717) is 12.1 Å². The van der Waals surface area contributed by atoms with Crippen LogP contribution in [0.5, 0.6) is 0 Å². The van der Waals surface area contributed by atoms with Crippen molar-refractivity contribution in [1.82, 2.24) is 9.38 Å². The van der Waals surface area contributed by atoms with Crippen molar-refractivity contribution >= 4 is 22.1 Å². The molecule has 0 aliphatic carbocycles. The van der Waals surface area contributed by atoms with Crippen molar-refractivity contribution in [1.29, 1.82) is 0 Å². The second-order valence-electron chi connectivity index (χ2n) is 4.05. The Kier molecular flexibility index (Phi) is 2.82. The molecule has 4 nitrogen and oxygen atoms in total. The smallest absolute Gasteiger partial charge is 0.193 e. The summed E-state index contributed by atoms with van der Waals surface area (Å²) in [5.74, 6) is -0.180. The van der Waals surface area contributed by atoms with Gasteiger partial charge in [0.2, 0.25) is 0 Å². The lowest BCUT2D eigenvalue weighted by Gasteiger charge is -2.18. The minimum Gasteiger partial charge on any atom is -0.382 e. The molecular formula is C11H14N2O2S. The predicted octanol–water partition coefficient (Wildman–Crippen LogP) is 1.67. The fourth-order valence-electron chi connectivity index (χ4n) is 1.41. The van der Waals surface area contributed by atoms with Crippen LogP contribution in [0, 0.1) is 0 Å². The van der Waals surface area contributed by atoms with Gasteiger partial charge in [0.05, 0.1) is 12.1 Å². The fraction of sp³-hybridized carbons (Fsp3) is 0.455. The average Bonchev–Trinajstić information content (AvgIpc) is 2.77. The van der Waals surface area contributed by atoms with Crippen LogP contribution in [0.3, 0.4) is 0 Å². The number of nitrogens with zero attached hydrogens (tertiary/aromatic N) is 2. The summed E-state index contributed by atoms with van der Waals surface area (Å²) in [4.78, 5) is 17.0. The van der Waals surface area contributed by atoms with Crippen LogP contribution in [0.15, 0.2) is 17.8 Å². The van der Waals surface area contributed by atoms with Crippen molar-refractivity contribution < 1.29 is 9.90 Å². The molecule has 0 fully saturated rings. The first-order valence-corrected chi connectivity index (χ1v) is 6.07. The maximum absolute atomic E-state index is 11.8. The van der Waals surface area contributed by atoms with Crippen LogP contribution in [0.1, 0.15) is 26.0 Å². The quantitative estimate of drug-likeness (QED) is 0.881. The number of carbonyl (C=O) groups is 1. The highest BCUT2D eigenvalue weighted by Crippen LogP contribution is 2.16.